The molecular weight excluding hydrogens is 394 g/mol. The van der Waals surface area contributed by atoms with Gasteiger partial charge in [0.15, 0.2) is 5.78 Å². The Balaban J connectivity index is 1.56. The minimum atomic E-state index is 0.0882. The molecule has 0 unspecified atom stereocenters. The highest BCUT2D eigenvalue weighted by atomic mass is 16.5. The van der Waals surface area contributed by atoms with Gasteiger partial charge in [0.25, 0.3) is 0 Å². The third-order valence-electron chi connectivity index (χ3n) is 5.45. The summed E-state index contributed by atoms with van der Waals surface area (Å²) in [7, 11) is 0. The van der Waals surface area contributed by atoms with Crippen molar-refractivity contribution < 1.29 is 9.53 Å². The summed E-state index contributed by atoms with van der Waals surface area (Å²) in [6.45, 7) is 7.83. The van der Waals surface area contributed by atoms with Crippen LogP contribution in [0.1, 0.15) is 54.7 Å². The average Bonchev–Trinajstić information content (AvgIpc) is 2.77. The van der Waals surface area contributed by atoms with Gasteiger partial charge in [-0.3, -0.25) is 4.79 Å². The molecule has 0 saturated carbocycles. The molecule has 0 atom stereocenters. The molecule has 3 aromatic carbocycles. The van der Waals surface area contributed by atoms with E-state index in [0.29, 0.717) is 0 Å². The fourth-order valence-electron chi connectivity index (χ4n) is 3.91. The second-order valence-corrected chi connectivity index (χ2v) is 8.58. The number of ether oxygens (including phenoxy) is 1. The second kappa shape index (κ2) is 9.27. The molecule has 0 N–H and O–H groups in total. The predicted octanol–water partition coefficient (Wildman–Crippen LogP) is 7.44. The molecule has 1 aliphatic rings. The van der Waals surface area contributed by atoms with Gasteiger partial charge in [0.2, 0.25) is 0 Å². The maximum absolute atomic E-state index is 11.5. The summed E-state index contributed by atoms with van der Waals surface area (Å²) < 4.78 is 5.79. The maximum Gasteiger partial charge on any atom is 0.159 e. The monoisotopic (exact) mass is 423 g/mol. The predicted molar refractivity (Wildman–Crippen MR) is 134 cm³/mol. The number of fused-ring (bicyclic) bond motifs is 1. The Hall–Kier alpha value is -3.59. The summed E-state index contributed by atoms with van der Waals surface area (Å²) in [5, 5.41) is 0. The zero-order valence-corrected chi connectivity index (χ0v) is 19.1. The molecule has 162 valence electrons. The summed E-state index contributed by atoms with van der Waals surface area (Å²) in [6, 6.07) is 22.6. The Labute approximate surface area is 190 Å². The van der Waals surface area contributed by atoms with Gasteiger partial charge in [-0.1, -0.05) is 48.1 Å². The van der Waals surface area contributed by atoms with Gasteiger partial charge in [-0.2, -0.15) is 0 Å². The van der Waals surface area contributed by atoms with E-state index < -0.39 is 0 Å². The van der Waals surface area contributed by atoms with Crippen molar-refractivity contribution in [3.63, 3.8) is 0 Å². The second-order valence-electron chi connectivity index (χ2n) is 8.58. The van der Waals surface area contributed by atoms with Crippen LogP contribution in [0, 0.1) is 0 Å². The first-order valence-electron chi connectivity index (χ1n) is 11.0. The minimum Gasteiger partial charge on any atom is -0.491 e. The molecule has 0 fully saturated rings. The van der Waals surface area contributed by atoms with E-state index in [1.54, 1.807) is 6.92 Å². The van der Waals surface area contributed by atoms with Gasteiger partial charge in [-0.05, 0) is 87.2 Å². The lowest BCUT2D eigenvalue weighted by atomic mass is 9.97. The standard InChI is InChI=1S/C29H29NO2/c1-20(2)32-28-14-12-27(13-15-28)30-19-21(3)17-26-18-24(9-16-29(26)30)6-5-23-7-10-25(11-8-23)22(4)31/h5-16,18-20H,17H2,1-4H3/b6-5-. The Morgan fingerprint density at radius 3 is 2.25 bits per heavy atom. The van der Waals surface area contributed by atoms with Gasteiger partial charge in [0.05, 0.1) is 6.10 Å². The molecule has 0 bridgehead atoms. The number of anilines is 2. The minimum absolute atomic E-state index is 0.0882. The molecule has 3 nitrogen and oxygen atoms in total. The summed E-state index contributed by atoms with van der Waals surface area (Å²) in [5.41, 5.74) is 7.93. The van der Waals surface area contributed by atoms with Gasteiger partial charge >= 0.3 is 0 Å². The number of rotatable bonds is 6. The molecule has 4 rings (SSSR count). The first kappa shape index (κ1) is 21.6. The molecule has 0 aliphatic carbocycles. The molecule has 0 amide bonds. The molecule has 0 saturated heterocycles. The van der Waals surface area contributed by atoms with Crippen LogP contribution in [0.5, 0.6) is 5.75 Å². The number of carbonyl (C=O) groups excluding carboxylic acids is 1. The lowest BCUT2D eigenvalue weighted by Gasteiger charge is -2.29. The zero-order chi connectivity index (χ0) is 22.7. The van der Waals surface area contributed by atoms with Crippen molar-refractivity contribution >= 4 is 29.3 Å². The van der Waals surface area contributed by atoms with E-state index in [2.05, 4.69) is 60.5 Å². The first-order valence-corrected chi connectivity index (χ1v) is 11.0. The fourth-order valence-corrected chi connectivity index (χ4v) is 3.91. The van der Waals surface area contributed by atoms with E-state index >= 15 is 0 Å². The number of Topliss-reactive ketones (excluding diaryl/α,β-unsaturated/α-hetero) is 1. The molecule has 1 heterocycles. The van der Waals surface area contributed by atoms with Crippen LogP contribution in [-0.4, -0.2) is 11.9 Å². The summed E-state index contributed by atoms with van der Waals surface area (Å²) >= 11 is 0. The fraction of sp³-hybridized carbons (Fsp3) is 0.207. The lowest BCUT2D eigenvalue weighted by Crippen LogP contribution is -2.16. The van der Waals surface area contributed by atoms with Crippen molar-refractivity contribution in [3.8, 4) is 5.75 Å². The van der Waals surface area contributed by atoms with E-state index in [-0.39, 0.29) is 11.9 Å². The topological polar surface area (TPSA) is 29.5 Å². The lowest BCUT2D eigenvalue weighted by molar-refractivity contribution is 0.101. The number of allylic oxidation sites excluding steroid dienone is 1. The molecular formula is C29H29NO2. The Morgan fingerprint density at radius 1 is 0.938 bits per heavy atom. The van der Waals surface area contributed by atoms with E-state index in [9.17, 15) is 4.79 Å². The molecule has 0 radical (unpaired) electrons. The van der Waals surface area contributed by atoms with Crippen LogP contribution in [0.15, 0.2) is 78.5 Å². The van der Waals surface area contributed by atoms with E-state index in [1.807, 2.05) is 50.2 Å². The highest BCUT2D eigenvalue weighted by molar-refractivity contribution is 5.94. The summed E-state index contributed by atoms with van der Waals surface area (Å²) in [6.07, 6.45) is 7.53. The zero-order valence-electron chi connectivity index (χ0n) is 19.1. The number of nitrogens with zero attached hydrogens (tertiary/aromatic N) is 1. The Morgan fingerprint density at radius 2 is 1.59 bits per heavy atom. The number of hydrogen-bond acceptors (Lipinski definition) is 3. The van der Waals surface area contributed by atoms with E-state index in [0.717, 1.165) is 34.5 Å². The third-order valence-corrected chi connectivity index (χ3v) is 5.45. The Kier molecular flexibility index (Phi) is 6.27. The van der Waals surface area contributed by atoms with Crippen LogP contribution in [-0.2, 0) is 6.42 Å². The molecule has 32 heavy (non-hydrogen) atoms. The SMILES string of the molecule is CC(=O)c1ccc(/C=C\c2ccc3c(c2)CC(C)=CN3c2ccc(OC(C)C)cc2)cc1. The molecule has 1 aliphatic heterocycles. The molecule has 3 aromatic rings. The maximum atomic E-state index is 11.5. The van der Waals surface area contributed by atoms with Crippen molar-refractivity contribution in [2.45, 2.75) is 40.2 Å². The van der Waals surface area contributed by atoms with Gasteiger partial charge in [0.1, 0.15) is 5.75 Å². The van der Waals surface area contributed by atoms with Crippen LogP contribution in [0.4, 0.5) is 11.4 Å². The van der Waals surface area contributed by atoms with E-state index in [4.69, 9.17) is 4.74 Å². The molecule has 0 spiro atoms. The number of ketones is 1. The van der Waals surface area contributed by atoms with Crippen molar-refractivity contribution in [3.05, 3.63) is 101 Å². The summed E-state index contributed by atoms with van der Waals surface area (Å²) in [4.78, 5) is 13.7. The van der Waals surface area contributed by atoms with Gasteiger partial charge in [-0.15, -0.1) is 0 Å². The molecule has 3 heteroatoms. The number of carbonyl (C=O) groups is 1. The number of hydrogen-bond donors (Lipinski definition) is 0. The van der Waals surface area contributed by atoms with Gasteiger partial charge < -0.3 is 9.64 Å². The van der Waals surface area contributed by atoms with Gasteiger partial charge in [-0.25, -0.2) is 0 Å². The normalized spacial score (nSPS) is 13.3. The largest absolute Gasteiger partial charge is 0.491 e. The highest BCUT2D eigenvalue weighted by Crippen LogP contribution is 2.36. The van der Waals surface area contributed by atoms with Gasteiger partial charge in [0, 0.05) is 23.1 Å². The highest BCUT2D eigenvalue weighted by Gasteiger charge is 2.17. The third kappa shape index (κ3) is 5.00. The van der Waals surface area contributed by atoms with Crippen molar-refractivity contribution in [2.24, 2.45) is 0 Å². The smallest absolute Gasteiger partial charge is 0.159 e. The van der Waals surface area contributed by atoms with Crippen molar-refractivity contribution in [1.29, 1.82) is 0 Å². The van der Waals surface area contributed by atoms with Crippen LogP contribution in [0.25, 0.3) is 12.2 Å². The van der Waals surface area contributed by atoms with Crippen molar-refractivity contribution in [2.75, 3.05) is 4.90 Å². The summed E-state index contributed by atoms with van der Waals surface area (Å²) in [5.74, 6) is 0.976. The van der Waals surface area contributed by atoms with Crippen LogP contribution < -0.4 is 9.64 Å². The quantitative estimate of drug-likeness (QED) is 0.305. The molecule has 0 aromatic heterocycles. The van der Waals surface area contributed by atoms with Crippen molar-refractivity contribution in [1.82, 2.24) is 0 Å². The van der Waals surface area contributed by atoms with Crippen LogP contribution in [0.3, 0.4) is 0 Å². The first-order chi connectivity index (χ1) is 15.4. The van der Waals surface area contributed by atoms with Crippen LogP contribution >= 0.6 is 0 Å². The Bertz CT molecular complexity index is 1170. The average molecular weight is 424 g/mol. The van der Waals surface area contributed by atoms with Crippen LogP contribution in [0.2, 0.25) is 0 Å². The van der Waals surface area contributed by atoms with E-state index in [1.165, 1.54) is 16.8 Å². The number of benzene rings is 3.